The smallest absolute Gasteiger partial charge is 0.304 e. The molecule has 0 saturated carbocycles. The van der Waals surface area contributed by atoms with Crippen LogP contribution in [-0.4, -0.2) is 19.4 Å². The highest BCUT2D eigenvalue weighted by Crippen LogP contribution is 2.56. The van der Waals surface area contributed by atoms with Crippen LogP contribution in [0.25, 0.3) is 0 Å². The zero-order valence-corrected chi connectivity index (χ0v) is 12.5. The monoisotopic (exact) mass is 287 g/mol. The molecule has 0 N–H and O–H groups in total. The Morgan fingerprint density at radius 2 is 2.11 bits per heavy atom. The molecule has 0 fully saturated rings. The van der Waals surface area contributed by atoms with E-state index in [1.807, 2.05) is 17.5 Å². The summed E-state index contributed by atoms with van der Waals surface area (Å²) in [7, 11) is -3.28. The first-order valence-electron chi connectivity index (χ1n) is 5.79. The maximum Gasteiger partial charge on any atom is 0.379 e. The Morgan fingerprint density at radius 3 is 2.56 bits per heavy atom. The quantitative estimate of drug-likeness (QED) is 0.555. The Kier molecular flexibility index (Phi) is 6.50. The molecule has 0 unspecified atom stereocenters. The lowest BCUT2D eigenvalue weighted by Crippen LogP contribution is -1.97. The summed E-state index contributed by atoms with van der Waals surface area (Å²) in [6.45, 7) is 5.97. The minimum absolute atomic E-state index is 0.323. The molecule has 1 heterocycles. The van der Waals surface area contributed by atoms with E-state index in [9.17, 15) is 4.57 Å². The molecule has 100 valence electrons. The lowest BCUT2D eigenvalue weighted by molar-refractivity contribution is 0.226. The van der Waals surface area contributed by atoms with Gasteiger partial charge in [0.2, 0.25) is 0 Å². The van der Waals surface area contributed by atoms with Crippen LogP contribution < -0.4 is 0 Å². The van der Waals surface area contributed by atoms with Crippen LogP contribution in [0.4, 0.5) is 0 Å². The van der Waals surface area contributed by atoms with Gasteiger partial charge in [0.25, 0.3) is 0 Å². The molecule has 0 aliphatic carbocycles. The molecule has 1 rings (SSSR count). The van der Waals surface area contributed by atoms with E-state index in [0.29, 0.717) is 18.7 Å². The fraction of sp³-hybridized carbons (Fsp3) is 0.417. The molecular weight excluding hydrogens is 269 g/mol. The van der Waals surface area contributed by atoms with Crippen molar-refractivity contribution >= 4 is 25.1 Å². The first kappa shape index (κ1) is 15.3. The number of rotatable bonds is 7. The summed E-state index contributed by atoms with van der Waals surface area (Å²) in [5.41, 5.74) is 0.347. The number of hydrogen-bond acceptors (Lipinski definition) is 5. The molecule has 0 aromatic carbocycles. The standard InChI is InChI=1S/C12H18NO3PS/c1-4-12(13-10-11-8-7-9-18-11)17(14,15-5-2)16-6-3/h4,7-10H,5-6H2,1-3H3/b12-4-,13-10+. The van der Waals surface area contributed by atoms with Crippen LogP contribution in [0.1, 0.15) is 25.6 Å². The van der Waals surface area contributed by atoms with E-state index in [1.165, 1.54) is 0 Å². The number of aliphatic imine (C=N–C) groups is 1. The normalized spacial score (nSPS) is 13.4. The summed E-state index contributed by atoms with van der Waals surface area (Å²) in [6, 6.07) is 3.87. The SMILES string of the molecule is C/C=C(/N=C/c1cccs1)P(=O)(OCC)OCC. The van der Waals surface area contributed by atoms with E-state index in [0.717, 1.165) is 4.88 Å². The van der Waals surface area contributed by atoms with Crippen molar-refractivity contribution in [3.05, 3.63) is 33.9 Å². The fourth-order valence-corrected chi connectivity index (χ4v) is 3.43. The van der Waals surface area contributed by atoms with Gasteiger partial charge in [-0.15, -0.1) is 11.3 Å². The molecule has 0 radical (unpaired) electrons. The first-order valence-corrected chi connectivity index (χ1v) is 8.22. The van der Waals surface area contributed by atoms with Crippen LogP contribution in [-0.2, 0) is 13.6 Å². The minimum Gasteiger partial charge on any atom is -0.304 e. The van der Waals surface area contributed by atoms with Gasteiger partial charge in [0.1, 0.15) is 5.44 Å². The van der Waals surface area contributed by atoms with Gasteiger partial charge in [-0.05, 0) is 32.2 Å². The Morgan fingerprint density at radius 1 is 1.44 bits per heavy atom. The Labute approximate surface area is 112 Å². The van der Waals surface area contributed by atoms with E-state index in [-0.39, 0.29) is 0 Å². The zero-order valence-electron chi connectivity index (χ0n) is 10.8. The molecule has 0 amide bonds. The Hall–Kier alpha value is -0.740. The van der Waals surface area contributed by atoms with Crippen LogP contribution in [0.5, 0.6) is 0 Å². The first-order chi connectivity index (χ1) is 8.66. The minimum atomic E-state index is -3.28. The number of nitrogens with zero attached hydrogens (tertiary/aromatic N) is 1. The molecule has 0 atom stereocenters. The average Bonchev–Trinajstić information content (AvgIpc) is 2.83. The van der Waals surface area contributed by atoms with E-state index in [1.54, 1.807) is 44.4 Å². The molecule has 1 aromatic heterocycles. The topological polar surface area (TPSA) is 47.9 Å². The molecule has 0 saturated heterocycles. The Balaban J connectivity index is 2.90. The third-order valence-electron chi connectivity index (χ3n) is 2.00. The maximum atomic E-state index is 12.5. The second-order valence-electron chi connectivity index (χ2n) is 3.25. The second kappa shape index (κ2) is 7.64. The van der Waals surface area contributed by atoms with Crippen LogP contribution >= 0.6 is 18.9 Å². The van der Waals surface area contributed by atoms with Gasteiger partial charge in [0, 0.05) is 11.1 Å². The summed E-state index contributed by atoms with van der Waals surface area (Å²) in [5.74, 6) is 0. The molecule has 6 heteroatoms. The van der Waals surface area contributed by atoms with E-state index in [2.05, 4.69) is 4.99 Å². The molecule has 4 nitrogen and oxygen atoms in total. The third-order valence-corrected chi connectivity index (χ3v) is 4.94. The highest BCUT2D eigenvalue weighted by atomic mass is 32.1. The van der Waals surface area contributed by atoms with Crippen molar-refractivity contribution in [3.63, 3.8) is 0 Å². The number of thiophene rings is 1. The molecule has 0 bridgehead atoms. The predicted molar refractivity (Wildman–Crippen MR) is 76.5 cm³/mol. The fourth-order valence-electron chi connectivity index (χ4n) is 1.31. The van der Waals surface area contributed by atoms with Crippen molar-refractivity contribution in [2.75, 3.05) is 13.2 Å². The van der Waals surface area contributed by atoms with Crippen molar-refractivity contribution in [3.8, 4) is 0 Å². The lowest BCUT2D eigenvalue weighted by Gasteiger charge is -2.16. The van der Waals surface area contributed by atoms with Crippen LogP contribution in [0, 0.1) is 0 Å². The number of hydrogen-bond donors (Lipinski definition) is 0. The van der Waals surface area contributed by atoms with Gasteiger partial charge >= 0.3 is 7.60 Å². The zero-order chi connectivity index (χ0) is 13.4. The van der Waals surface area contributed by atoms with E-state index < -0.39 is 7.60 Å². The van der Waals surface area contributed by atoms with Crippen molar-refractivity contribution in [1.82, 2.24) is 0 Å². The molecular formula is C12H18NO3PS. The molecule has 1 aromatic rings. The van der Waals surface area contributed by atoms with E-state index in [4.69, 9.17) is 9.05 Å². The number of allylic oxidation sites excluding steroid dienone is 1. The van der Waals surface area contributed by atoms with Crippen molar-refractivity contribution in [2.24, 2.45) is 4.99 Å². The van der Waals surface area contributed by atoms with Gasteiger partial charge in [-0.3, -0.25) is 4.57 Å². The molecule has 0 aliphatic rings. The average molecular weight is 287 g/mol. The van der Waals surface area contributed by atoms with Crippen molar-refractivity contribution in [2.45, 2.75) is 20.8 Å². The molecule has 0 spiro atoms. The highest BCUT2D eigenvalue weighted by Gasteiger charge is 2.28. The van der Waals surface area contributed by atoms with Crippen LogP contribution in [0.15, 0.2) is 34.0 Å². The largest absolute Gasteiger partial charge is 0.379 e. The summed E-state index contributed by atoms with van der Waals surface area (Å²) < 4.78 is 23.0. The third kappa shape index (κ3) is 4.18. The van der Waals surface area contributed by atoms with Crippen molar-refractivity contribution < 1.29 is 13.6 Å². The van der Waals surface area contributed by atoms with Crippen molar-refractivity contribution in [1.29, 1.82) is 0 Å². The summed E-state index contributed by atoms with van der Waals surface area (Å²) in [4.78, 5) is 5.22. The second-order valence-corrected chi connectivity index (χ2v) is 6.20. The van der Waals surface area contributed by atoms with Gasteiger partial charge in [0.15, 0.2) is 0 Å². The summed E-state index contributed by atoms with van der Waals surface area (Å²) in [5, 5.41) is 1.96. The van der Waals surface area contributed by atoms with Gasteiger partial charge in [-0.2, -0.15) is 0 Å². The van der Waals surface area contributed by atoms with Crippen LogP contribution in [0.2, 0.25) is 0 Å². The molecule has 18 heavy (non-hydrogen) atoms. The maximum absolute atomic E-state index is 12.5. The van der Waals surface area contributed by atoms with Gasteiger partial charge < -0.3 is 9.05 Å². The predicted octanol–water partition coefficient (Wildman–Crippen LogP) is 4.29. The van der Waals surface area contributed by atoms with E-state index >= 15 is 0 Å². The van der Waals surface area contributed by atoms with Crippen LogP contribution in [0.3, 0.4) is 0 Å². The lowest BCUT2D eigenvalue weighted by atomic mass is 10.5. The van der Waals surface area contributed by atoms with Gasteiger partial charge in [-0.25, -0.2) is 4.99 Å². The van der Waals surface area contributed by atoms with Gasteiger partial charge in [-0.1, -0.05) is 12.1 Å². The Bertz CT molecular complexity index is 444. The highest BCUT2D eigenvalue weighted by molar-refractivity contribution is 7.58. The molecule has 0 aliphatic heterocycles. The summed E-state index contributed by atoms with van der Waals surface area (Å²) >= 11 is 1.56. The summed E-state index contributed by atoms with van der Waals surface area (Å²) in [6.07, 6.45) is 3.33. The van der Waals surface area contributed by atoms with Gasteiger partial charge in [0.05, 0.1) is 13.2 Å².